The summed E-state index contributed by atoms with van der Waals surface area (Å²) in [6.45, 7) is 9.59. The van der Waals surface area contributed by atoms with Crippen LogP contribution >= 0.6 is 0 Å². The van der Waals surface area contributed by atoms with E-state index in [1.54, 1.807) is 0 Å². The van der Waals surface area contributed by atoms with Gasteiger partial charge in [0.25, 0.3) is 0 Å². The summed E-state index contributed by atoms with van der Waals surface area (Å²) < 4.78 is 7.35. The molecule has 0 amide bonds. The largest absolute Gasteiger partial charge is 0.393 e. The van der Waals surface area contributed by atoms with Crippen LogP contribution in [0.15, 0.2) is 12.4 Å². The maximum absolute atomic E-state index is 9.90. The van der Waals surface area contributed by atoms with Crippen molar-refractivity contribution in [3.63, 3.8) is 0 Å². The van der Waals surface area contributed by atoms with Crippen molar-refractivity contribution in [1.29, 1.82) is 0 Å². The third kappa shape index (κ3) is 4.02. The van der Waals surface area contributed by atoms with Gasteiger partial charge in [-0.1, -0.05) is 0 Å². The molecule has 166 valence electrons. The Balaban J connectivity index is 1.50. The van der Waals surface area contributed by atoms with E-state index < -0.39 is 0 Å². The standard InChI is InChI=1S/C21H30N8O2/c1-2-29-20-17(14-24-29)18-16(13-23-20)21(28-6-3-15(30)4-7-28)26-25-19(18)22-5-8-27-9-11-31-12-10-27/h13-15,30H,2-12H2,1H3,(H,22,25). The van der Waals surface area contributed by atoms with Crippen LogP contribution in [0.3, 0.4) is 0 Å². The molecule has 0 atom stereocenters. The molecule has 0 saturated carbocycles. The van der Waals surface area contributed by atoms with Crippen LogP contribution in [0, 0.1) is 0 Å². The van der Waals surface area contributed by atoms with E-state index in [2.05, 4.69) is 37.3 Å². The molecular formula is C21H30N8O2. The topological polar surface area (TPSA) is 104 Å². The van der Waals surface area contributed by atoms with Gasteiger partial charge in [-0.25, -0.2) is 9.67 Å². The molecule has 0 aliphatic carbocycles. The maximum Gasteiger partial charge on any atom is 0.160 e. The fraction of sp³-hybridized carbons (Fsp3) is 0.619. The smallest absolute Gasteiger partial charge is 0.160 e. The quantitative estimate of drug-likeness (QED) is 0.599. The molecule has 5 rings (SSSR count). The first-order valence-electron chi connectivity index (χ1n) is 11.2. The summed E-state index contributed by atoms with van der Waals surface area (Å²) in [6, 6.07) is 0. The average molecular weight is 427 g/mol. The molecule has 2 aliphatic rings. The van der Waals surface area contributed by atoms with Crippen LogP contribution < -0.4 is 10.2 Å². The number of nitrogens with zero attached hydrogens (tertiary/aromatic N) is 7. The third-order valence-corrected chi connectivity index (χ3v) is 6.28. The fourth-order valence-corrected chi connectivity index (χ4v) is 4.48. The molecular weight excluding hydrogens is 396 g/mol. The normalized spacial score (nSPS) is 18.8. The lowest BCUT2D eigenvalue weighted by Crippen LogP contribution is -2.39. The number of hydrogen-bond donors (Lipinski definition) is 2. The molecule has 0 aromatic carbocycles. The SMILES string of the molecule is CCn1ncc2c3c(NCCN4CCOCC4)nnc(N4CCC(O)CC4)c3cnc21. The van der Waals surface area contributed by atoms with E-state index in [4.69, 9.17) is 9.72 Å². The number of anilines is 2. The van der Waals surface area contributed by atoms with Crippen LogP contribution in [0.25, 0.3) is 21.8 Å². The number of morpholine rings is 1. The van der Waals surface area contributed by atoms with Crippen molar-refractivity contribution in [2.75, 3.05) is 62.7 Å². The number of pyridine rings is 1. The van der Waals surface area contributed by atoms with Gasteiger partial charge in [0.1, 0.15) is 0 Å². The molecule has 31 heavy (non-hydrogen) atoms. The molecule has 0 unspecified atom stereocenters. The van der Waals surface area contributed by atoms with E-state index in [0.717, 1.165) is 105 Å². The van der Waals surface area contributed by atoms with Crippen molar-refractivity contribution in [3.05, 3.63) is 12.4 Å². The highest BCUT2D eigenvalue weighted by Gasteiger charge is 2.23. The number of fused-ring (bicyclic) bond motifs is 3. The molecule has 2 aliphatic heterocycles. The van der Waals surface area contributed by atoms with Crippen molar-refractivity contribution in [2.45, 2.75) is 32.4 Å². The lowest BCUT2D eigenvalue weighted by molar-refractivity contribution is 0.0398. The van der Waals surface area contributed by atoms with Crippen molar-refractivity contribution < 1.29 is 9.84 Å². The first-order valence-corrected chi connectivity index (χ1v) is 11.2. The summed E-state index contributed by atoms with van der Waals surface area (Å²) in [5, 5.41) is 30.1. The van der Waals surface area contributed by atoms with Crippen LogP contribution in [0.5, 0.6) is 0 Å². The van der Waals surface area contributed by atoms with E-state index in [1.807, 2.05) is 17.1 Å². The number of aliphatic hydroxyl groups is 1. The summed E-state index contributed by atoms with van der Waals surface area (Å²) in [4.78, 5) is 9.31. The van der Waals surface area contributed by atoms with Gasteiger partial charge in [-0.05, 0) is 19.8 Å². The Kier molecular flexibility index (Phi) is 5.84. The second-order valence-corrected chi connectivity index (χ2v) is 8.22. The molecule has 2 N–H and O–H groups in total. The Bertz CT molecular complexity index is 1040. The third-order valence-electron chi connectivity index (χ3n) is 6.28. The van der Waals surface area contributed by atoms with Crippen LogP contribution in [0.1, 0.15) is 19.8 Å². The van der Waals surface area contributed by atoms with Crippen molar-refractivity contribution in [3.8, 4) is 0 Å². The Labute approximate surface area is 181 Å². The summed E-state index contributed by atoms with van der Waals surface area (Å²) in [7, 11) is 0. The van der Waals surface area contributed by atoms with Crippen LogP contribution in [0.2, 0.25) is 0 Å². The van der Waals surface area contributed by atoms with Gasteiger partial charge in [-0.3, -0.25) is 4.90 Å². The van der Waals surface area contributed by atoms with Crippen molar-refractivity contribution in [1.82, 2.24) is 29.9 Å². The summed E-state index contributed by atoms with van der Waals surface area (Å²) in [6.07, 6.45) is 5.03. The minimum atomic E-state index is -0.232. The van der Waals surface area contributed by atoms with Gasteiger partial charge in [0, 0.05) is 62.8 Å². The number of rotatable bonds is 6. The van der Waals surface area contributed by atoms with Crippen molar-refractivity contribution in [2.24, 2.45) is 0 Å². The zero-order chi connectivity index (χ0) is 21.2. The number of aryl methyl sites for hydroxylation is 1. The molecule has 2 fully saturated rings. The predicted octanol–water partition coefficient (Wildman–Crippen LogP) is 1.10. The van der Waals surface area contributed by atoms with Gasteiger partial charge < -0.3 is 20.1 Å². The van der Waals surface area contributed by atoms with Crippen LogP contribution in [-0.2, 0) is 11.3 Å². The number of piperidine rings is 1. The van der Waals surface area contributed by atoms with E-state index in [9.17, 15) is 5.11 Å². The first kappa shape index (κ1) is 20.3. The second kappa shape index (κ2) is 8.89. The second-order valence-electron chi connectivity index (χ2n) is 8.22. The Hall–Kier alpha value is -2.56. The number of aromatic nitrogens is 5. The van der Waals surface area contributed by atoms with E-state index in [-0.39, 0.29) is 6.10 Å². The van der Waals surface area contributed by atoms with Gasteiger partial charge in [-0.2, -0.15) is 5.10 Å². The molecule has 0 radical (unpaired) electrons. The van der Waals surface area contributed by atoms with E-state index in [0.29, 0.717) is 0 Å². The zero-order valence-corrected chi connectivity index (χ0v) is 18.0. The number of aliphatic hydroxyl groups excluding tert-OH is 1. The Morgan fingerprint density at radius 3 is 2.68 bits per heavy atom. The van der Waals surface area contributed by atoms with E-state index >= 15 is 0 Å². The molecule has 3 aromatic heterocycles. The van der Waals surface area contributed by atoms with Gasteiger partial charge in [0.05, 0.1) is 30.9 Å². The monoisotopic (exact) mass is 426 g/mol. The highest BCUT2D eigenvalue weighted by Crippen LogP contribution is 2.34. The van der Waals surface area contributed by atoms with Gasteiger partial charge >= 0.3 is 0 Å². The fourth-order valence-electron chi connectivity index (χ4n) is 4.48. The molecule has 2 saturated heterocycles. The highest BCUT2D eigenvalue weighted by atomic mass is 16.5. The van der Waals surface area contributed by atoms with Gasteiger partial charge in [0.15, 0.2) is 17.3 Å². The van der Waals surface area contributed by atoms with Crippen LogP contribution in [0.4, 0.5) is 11.6 Å². The Morgan fingerprint density at radius 1 is 1.10 bits per heavy atom. The molecule has 3 aromatic rings. The molecule has 5 heterocycles. The molecule has 0 spiro atoms. The number of ether oxygens (including phenoxy) is 1. The predicted molar refractivity (Wildman–Crippen MR) is 120 cm³/mol. The maximum atomic E-state index is 9.90. The molecule has 0 bridgehead atoms. The minimum absolute atomic E-state index is 0.232. The summed E-state index contributed by atoms with van der Waals surface area (Å²) >= 11 is 0. The van der Waals surface area contributed by atoms with Crippen molar-refractivity contribution >= 4 is 33.4 Å². The molecule has 10 nitrogen and oxygen atoms in total. The van der Waals surface area contributed by atoms with E-state index in [1.165, 1.54) is 0 Å². The summed E-state index contributed by atoms with van der Waals surface area (Å²) in [5.41, 5.74) is 0.860. The summed E-state index contributed by atoms with van der Waals surface area (Å²) in [5.74, 6) is 1.60. The zero-order valence-electron chi connectivity index (χ0n) is 18.0. The number of nitrogens with one attached hydrogen (secondary N) is 1. The first-order chi connectivity index (χ1) is 15.2. The average Bonchev–Trinajstić information content (AvgIpc) is 3.24. The number of hydrogen-bond acceptors (Lipinski definition) is 9. The Morgan fingerprint density at radius 2 is 1.90 bits per heavy atom. The lowest BCUT2D eigenvalue weighted by Gasteiger charge is -2.31. The highest BCUT2D eigenvalue weighted by molar-refractivity contribution is 6.13. The lowest BCUT2D eigenvalue weighted by atomic mass is 10.1. The van der Waals surface area contributed by atoms with Gasteiger partial charge in [0.2, 0.25) is 0 Å². The van der Waals surface area contributed by atoms with Gasteiger partial charge in [-0.15, -0.1) is 10.2 Å². The van der Waals surface area contributed by atoms with Crippen LogP contribution in [-0.4, -0.2) is 93.6 Å². The molecule has 10 heteroatoms. The minimum Gasteiger partial charge on any atom is -0.393 e.